The molecule has 156 valence electrons. The summed E-state index contributed by atoms with van der Waals surface area (Å²) in [5.74, 6) is -0.476. The number of nitrogens with one attached hydrogen (secondary N) is 2. The molecule has 1 aliphatic rings. The fourth-order valence-electron chi connectivity index (χ4n) is 3.24. The molecule has 0 fully saturated rings. The molecule has 30 heavy (non-hydrogen) atoms. The average molecular weight is 444 g/mol. The number of carbonyl (C=O) groups is 1. The number of nitrogens with zero attached hydrogens (tertiary/aromatic N) is 1. The summed E-state index contributed by atoms with van der Waals surface area (Å²) in [5.41, 5.74) is 2.31. The largest absolute Gasteiger partial charge is 0.438 e. The predicted molar refractivity (Wildman–Crippen MR) is 116 cm³/mol. The molecule has 0 radical (unpaired) electrons. The smallest absolute Gasteiger partial charge is 0.287 e. The molecule has 1 amide bonds. The number of rotatable bonds is 7. The third-order valence-electron chi connectivity index (χ3n) is 4.71. The summed E-state index contributed by atoms with van der Waals surface area (Å²) in [7, 11) is -2.43. The van der Waals surface area contributed by atoms with Crippen molar-refractivity contribution < 1.29 is 17.6 Å². The lowest BCUT2D eigenvalue weighted by Gasteiger charge is -2.32. The van der Waals surface area contributed by atoms with Gasteiger partial charge in [0.05, 0.1) is 11.4 Å². The first-order chi connectivity index (χ1) is 14.5. The molecule has 0 atom stereocenters. The third kappa shape index (κ3) is 4.09. The van der Waals surface area contributed by atoms with Gasteiger partial charge < -0.3 is 14.6 Å². The van der Waals surface area contributed by atoms with Gasteiger partial charge in [-0.15, -0.1) is 0 Å². The van der Waals surface area contributed by atoms with Crippen molar-refractivity contribution in [1.82, 2.24) is 10.0 Å². The Morgan fingerprint density at radius 3 is 2.27 bits per heavy atom. The quantitative estimate of drug-likeness (QED) is 0.542. The molecular formula is C21H21N3O4S2. The predicted octanol–water partition coefficient (Wildman–Crippen LogP) is 3.61. The van der Waals surface area contributed by atoms with Gasteiger partial charge in [0.25, 0.3) is 15.9 Å². The lowest BCUT2D eigenvalue weighted by atomic mass is 10.2. The summed E-state index contributed by atoms with van der Waals surface area (Å²) >= 11 is 1.76. The molecule has 7 nitrogen and oxygen atoms in total. The van der Waals surface area contributed by atoms with Crippen molar-refractivity contribution in [2.24, 2.45) is 0 Å². The molecule has 0 spiro atoms. The molecule has 3 aromatic rings. The van der Waals surface area contributed by atoms with Gasteiger partial charge in [0, 0.05) is 22.9 Å². The van der Waals surface area contributed by atoms with Crippen LogP contribution in [0.5, 0.6) is 0 Å². The number of anilines is 2. The highest BCUT2D eigenvalue weighted by atomic mass is 32.2. The van der Waals surface area contributed by atoms with Crippen LogP contribution >= 0.6 is 11.8 Å². The molecule has 0 unspecified atom stereocenters. The molecule has 0 saturated heterocycles. The molecule has 0 bridgehead atoms. The molecule has 1 aliphatic heterocycles. The number of fused-ring (bicyclic) bond motifs is 2. The minimum Gasteiger partial charge on any atom is -0.438 e. The number of amides is 1. The molecule has 9 heteroatoms. The van der Waals surface area contributed by atoms with Crippen LogP contribution in [0, 0.1) is 0 Å². The van der Waals surface area contributed by atoms with Gasteiger partial charge in [0.1, 0.15) is 0 Å². The average Bonchev–Trinajstić information content (AvgIpc) is 3.27. The summed E-state index contributed by atoms with van der Waals surface area (Å²) in [5, 5.41) is 2.51. The van der Waals surface area contributed by atoms with E-state index in [4.69, 9.17) is 4.42 Å². The second-order valence-electron chi connectivity index (χ2n) is 6.62. The second-order valence-corrected chi connectivity index (χ2v) is 9.53. The van der Waals surface area contributed by atoms with Crippen LogP contribution in [-0.2, 0) is 10.0 Å². The van der Waals surface area contributed by atoms with E-state index in [1.807, 2.05) is 24.3 Å². The van der Waals surface area contributed by atoms with Crippen molar-refractivity contribution in [2.45, 2.75) is 21.3 Å². The summed E-state index contributed by atoms with van der Waals surface area (Å²) in [6.07, 6.45) is 0.710. The first kappa shape index (κ1) is 20.5. The Balaban J connectivity index is 1.39. The minimum atomic E-state index is -3.71. The number of hydrogen-bond acceptors (Lipinski definition) is 6. The van der Waals surface area contributed by atoms with Crippen LogP contribution in [0.2, 0.25) is 0 Å². The van der Waals surface area contributed by atoms with Gasteiger partial charge in [-0.25, -0.2) is 13.1 Å². The van der Waals surface area contributed by atoms with E-state index < -0.39 is 15.9 Å². The maximum atomic E-state index is 12.3. The van der Waals surface area contributed by atoms with Crippen LogP contribution in [-0.4, -0.2) is 34.5 Å². The fraction of sp³-hybridized carbons (Fsp3) is 0.190. The molecule has 1 aromatic heterocycles. The summed E-state index contributed by atoms with van der Waals surface area (Å²) in [4.78, 5) is 17.0. The van der Waals surface area contributed by atoms with Crippen LogP contribution in [0.25, 0.3) is 0 Å². The Morgan fingerprint density at radius 2 is 1.63 bits per heavy atom. The monoisotopic (exact) mass is 443 g/mol. The zero-order valence-corrected chi connectivity index (χ0v) is 17.9. The first-order valence-electron chi connectivity index (χ1n) is 9.44. The van der Waals surface area contributed by atoms with Gasteiger partial charge in [-0.05, 0) is 49.9 Å². The van der Waals surface area contributed by atoms with Crippen molar-refractivity contribution in [3.63, 3.8) is 0 Å². The highest BCUT2D eigenvalue weighted by Gasteiger charge is 2.23. The zero-order chi connectivity index (χ0) is 21.1. The van der Waals surface area contributed by atoms with Crippen LogP contribution in [0.15, 0.2) is 80.0 Å². The number of benzene rings is 2. The number of sulfonamides is 1. The molecule has 2 heterocycles. The lowest BCUT2D eigenvalue weighted by Crippen LogP contribution is -2.28. The van der Waals surface area contributed by atoms with E-state index in [1.54, 1.807) is 11.8 Å². The van der Waals surface area contributed by atoms with Gasteiger partial charge in [0.15, 0.2) is 5.76 Å². The van der Waals surface area contributed by atoms with Crippen molar-refractivity contribution in [3.05, 3.63) is 66.4 Å². The Bertz CT molecular complexity index is 1130. The van der Waals surface area contributed by atoms with E-state index in [9.17, 15) is 13.2 Å². The highest BCUT2D eigenvalue weighted by molar-refractivity contribution is 7.99. The Kier molecular flexibility index (Phi) is 5.85. The van der Waals surface area contributed by atoms with Gasteiger partial charge in [-0.1, -0.05) is 36.0 Å². The van der Waals surface area contributed by atoms with Crippen molar-refractivity contribution in [2.75, 3.05) is 25.0 Å². The number of carbonyl (C=O) groups excluding carboxylic acids is 1. The van der Waals surface area contributed by atoms with Crippen molar-refractivity contribution in [3.8, 4) is 0 Å². The van der Waals surface area contributed by atoms with Crippen LogP contribution in [0.1, 0.15) is 17.0 Å². The lowest BCUT2D eigenvalue weighted by molar-refractivity contribution is 0.0920. The van der Waals surface area contributed by atoms with E-state index in [2.05, 4.69) is 39.2 Å². The summed E-state index contributed by atoms with van der Waals surface area (Å²) in [6.45, 7) is 1.16. The van der Waals surface area contributed by atoms with E-state index in [0.29, 0.717) is 13.0 Å². The van der Waals surface area contributed by atoms with Crippen LogP contribution < -0.4 is 14.9 Å². The Labute approximate surface area is 179 Å². The Hall–Kier alpha value is -2.75. The maximum Gasteiger partial charge on any atom is 0.287 e. The van der Waals surface area contributed by atoms with Gasteiger partial charge in [-0.2, -0.15) is 0 Å². The fourth-order valence-corrected chi connectivity index (χ4v) is 4.98. The molecule has 2 aromatic carbocycles. The second kappa shape index (κ2) is 8.55. The standard InChI is InChI=1S/C21H21N3O4S2/c1-22-30(26,27)20-12-11-17(28-20)21(25)23-13-6-14-24-15-7-2-4-9-18(15)29-19-10-5-3-8-16(19)24/h2-5,7-12,22H,6,13-14H2,1H3,(H,23,25). The third-order valence-corrected chi connectivity index (χ3v) is 7.13. The zero-order valence-electron chi connectivity index (χ0n) is 16.3. The molecule has 0 aliphatic carbocycles. The van der Waals surface area contributed by atoms with E-state index in [-0.39, 0.29) is 10.9 Å². The molecule has 2 N–H and O–H groups in total. The van der Waals surface area contributed by atoms with Gasteiger partial charge in [-0.3, -0.25) is 4.79 Å². The minimum absolute atomic E-state index is 0.0334. The van der Waals surface area contributed by atoms with Crippen molar-refractivity contribution in [1.29, 1.82) is 0 Å². The maximum absolute atomic E-state index is 12.3. The Morgan fingerprint density at radius 1 is 1.00 bits per heavy atom. The van der Waals surface area contributed by atoms with Crippen LogP contribution in [0.4, 0.5) is 11.4 Å². The van der Waals surface area contributed by atoms with Crippen molar-refractivity contribution >= 4 is 39.1 Å². The van der Waals surface area contributed by atoms with E-state index in [1.165, 1.54) is 29.0 Å². The SMILES string of the molecule is CNS(=O)(=O)c1ccc(C(=O)NCCCN2c3ccccc3Sc3ccccc32)o1. The summed E-state index contributed by atoms with van der Waals surface area (Å²) < 4.78 is 30.8. The number of hydrogen-bond donors (Lipinski definition) is 2. The highest BCUT2D eigenvalue weighted by Crippen LogP contribution is 2.47. The van der Waals surface area contributed by atoms with E-state index >= 15 is 0 Å². The number of para-hydroxylation sites is 2. The van der Waals surface area contributed by atoms with Gasteiger partial charge >= 0.3 is 0 Å². The van der Waals surface area contributed by atoms with Gasteiger partial charge in [0.2, 0.25) is 5.09 Å². The topological polar surface area (TPSA) is 91.6 Å². The molecule has 4 rings (SSSR count). The van der Waals surface area contributed by atoms with Crippen LogP contribution in [0.3, 0.4) is 0 Å². The molecule has 0 saturated carbocycles. The first-order valence-corrected chi connectivity index (χ1v) is 11.7. The normalized spacial score (nSPS) is 12.9. The van der Waals surface area contributed by atoms with E-state index in [0.717, 1.165) is 17.9 Å². The number of furan rings is 1. The molecular weight excluding hydrogens is 422 g/mol. The summed E-state index contributed by atoms with van der Waals surface area (Å²) in [6, 6.07) is 19.2.